The van der Waals surface area contributed by atoms with Crippen molar-refractivity contribution in [2.45, 2.75) is 26.9 Å². The molecule has 134 valence electrons. The summed E-state index contributed by atoms with van der Waals surface area (Å²) in [5.74, 6) is 2.27. The first-order chi connectivity index (χ1) is 12.7. The van der Waals surface area contributed by atoms with E-state index in [1.165, 1.54) is 0 Å². The van der Waals surface area contributed by atoms with Gasteiger partial charge in [0.15, 0.2) is 0 Å². The highest BCUT2D eigenvalue weighted by molar-refractivity contribution is 5.62. The second-order valence-electron chi connectivity index (χ2n) is 6.13. The summed E-state index contributed by atoms with van der Waals surface area (Å²) in [6.07, 6.45) is 1.93. The van der Waals surface area contributed by atoms with Crippen LogP contribution in [0, 0.1) is 0 Å². The third-order valence-electron chi connectivity index (χ3n) is 3.78. The van der Waals surface area contributed by atoms with Crippen molar-refractivity contribution in [3.63, 3.8) is 0 Å². The first-order valence-electron chi connectivity index (χ1n) is 8.85. The Balaban J connectivity index is 1.77. The van der Waals surface area contributed by atoms with Crippen LogP contribution in [0.25, 0.3) is 0 Å². The van der Waals surface area contributed by atoms with Gasteiger partial charge in [-0.05, 0) is 63.2 Å². The lowest BCUT2D eigenvalue weighted by Gasteiger charge is -2.22. The lowest BCUT2D eigenvalue weighted by atomic mass is 10.3. The molecule has 2 aromatic carbocycles. The van der Waals surface area contributed by atoms with E-state index >= 15 is 0 Å². The Morgan fingerprint density at radius 1 is 1.00 bits per heavy atom. The molecule has 5 nitrogen and oxygen atoms in total. The van der Waals surface area contributed by atoms with E-state index in [0.29, 0.717) is 5.95 Å². The fourth-order valence-electron chi connectivity index (χ4n) is 2.66. The van der Waals surface area contributed by atoms with Crippen LogP contribution in [0.5, 0.6) is 5.75 Å². The number of nitrogens with zero attached hydrogens (tertiary/aromatic N) is 3. The van der Waals surface area contributed by atoms with E-state index in [4.69, 9.17) is 4.74 Å². The molecule has 0 bridgehead atoms. The van der Waals surface area contributed by atoms with E-state index in [1.807, 2.05) is 62.4 Å². The third kappa shape index (κ3) is 4.51. The maximum absolute atomic E-state index is 5.67. The summed E-state index contributed by atoms with van der Waals surface area (Å²) in [7, 11) is 0. The van der Waals surface area contributed by atoms with E-state index in [9.17, 15) is 0 Å². The molecular weight excluding hydrogens is 324 g/mol. The fourth-order valence-corrected chi connectivity index (χ4v) is 2.66. The monoisotopic (exact) mass is 348 g/mol. The molecule has 5 heteroatoms. The molecule has 0 amide bonds. The van der Waals surface area contributed by atoms with Crippen molar-refractivity contribution in [2.24, 2.45) is 0 Å². The molecule has 0 unspecified atom stereocenters. The maximum Gasteiger partial charge on any atom is 0.229 e. The van der Waals surface area contributed by atoms with Gasteiger partial charge < -0.3 is 15.0 Å². The minimum absolute atomic E-state index is 0.159. The summed E-state index contributed by atoms with van der Waals surface area (Å²) in [4.78, 5) is 11.1. The first kappa shape index (κ1) is 17.7. The van der Waals surface area contributed by atoms with Crippen LogP contribution in [0.2, 0.25) is 0 Å². The van der Waals surface area contributed by atoms with Gasteiger partial charge in [-0.15, -0.1) is 0 Å². The van der Waals surface area contributed by atoms with Crippen LogP contribution in [0.3, 0.4) is 0 Å². The molecule has 3 rings (SSSR count). The largest absolute Gasteiger partial charge is 0.491 e. The van der Waals surface area contributed by atoms with Gasteiger partial charge in [0, 0.05) is 24.1 Å². The Bertz CT molecular complexity index is 819. The molecule has 26 heavy (non-hydrogen) atoms. The number of hydrogen-bond acceptors (Lipinski definition) is 5. The Labute approximate surface area is 154 Å². The summed E-state index contributed by atoms with van der Waals surface area (Å²) in [6, 6.07) is 19.9. The molecule has 0 spiro atoms. The van der Waals surface area contributed by atoms with Gasteiger partial charge in [-0.25, -0.2) is 4.98 Å². The second kappa shape index (κ2) is 8.34. The Hall–Kier alpha value is -3.08. The minimum Gasteiger partial charge on any atom is -0.491 e. The van der Waals surface area contributed by atoms with Crippen LogP contribution in [-0.2, 0) is 0 Å². The Kier molecular flexibility index (Phi) is 5.69. The standard InChI is InChI=1S/C21H24N4O/c1-4-25(18-8-6-5-7-9-18)20-14-15-22-21(24-20)23-17-10-12-19(13-11-17)26-16(2)3/h5-16H,4H2,1-3H3,(H,22,23,24). The van der Waals surface area contributed by atoms with E-state index in [1.54, 1.807) is 6.20 Å². The summed E-state index contributed by atoms with van der Waals surface area (Å²) < 4.78 is 5.67. The van der Waals surface area contributed by atoms with Crippen LogP contribution < -0.4 is 15.0 Å². The zero-order chi connectivity index (χ0) is 18.4. The predicted octanol–water partition coefficient (Wildman–Crippen LogP) is 5.17. The lowest BCUT2D eigenvalue weighted by molar-refractivity contribution is 0.242. The molecular formula is C21H24N4O. The SMILES string of the molecule is CCN(c1ccccc1)c1ccnc(Nc2ccc(OC(C)C)cc2)n1. The highest BCUT2D eigenvalue weighted by Gasteiger charge is 2.09. The highest BCUT2D eigenvalue weighted by Crippen LogP contribution is 2.24. The molecule has 0 aliphatic heterocycles. The van der Waals surface area contributed by atoms with Crippen molar-refractivity contribution in [1.29, 1.82) is 0 Å². The number of para-hydroxylation sites is 1. The van der Waals surface area contributed by atoms with Crippen molar-refractivity contribution in [1.82, 2.24) is 9.97 Å². The van der Waals surface area contributed by atoms with E-state index < -0.39 is 0 Å². The quantitative estimate of drug-likeness (QED) is 0.639. The molecule has 1 N–H and O–H groups in total. The Morgan fingerprint density at radius 3 is 2.38 bits per heavy atom. The number of nitrogens with one attached hydrogen (secondary N) is 1. The smallest absolute Gasteiger partial charge is 0.229 e. The van der Waals surface area contributed by atoms with Gasteiger partial charge in [-0.2, -0.15) is 4.98 Å². The van der Waals surface area contributed by atoms with Crippen molar-refractivity contribution in [3.8, 4) is 5.75 Å². The first-order valence-corrected chi connectivity index (χ1v) is 8.85. The molecule has 1 aromatic heterocycles. The second-order valence-corrected chi connectivity index (χ2v) is 6.13. The summed E-state index contributed by atoms with van der Waals surface area (Å²) in [6.45, 7) is 6.95. The van der Waals surface area contributed by atoms with Crippen LogP contribution in [-0.4, -0.2) is 22.6 Å². The molecule has 0 fully saturated rings. The lowest BCUT2D eigenvalue weighted by Crippen LogP contribution is -2.17. The molecule has 0 saturated heterocycles. The molecule has 0 atom stereocenters. The van der Waals surface area contributed by atoms with Gasteiger partial charge in [0.25, 0.3) is 0 Å². The molecule has 3 aromatic rings. The van der Waals surface area contributed by atoms with Crippen molar-refractivity contribution in [3.05, 3.63) is 66.9 Å². The normalized spacial score (nSPS) is 10.6. The van der Waals surface area contributed by atoms with Crippen LogP contribution in [0.4, 0.5) is 23.1 Å². The zero-order valence-electron chi connectivity index (χ0n) is 15.4. The van der Waals surface area contributed by atoms with Gasteiger partial charge in [0.1, 0.15) is 11.6 Å². The molecule has 0 aliphatic rings. The number of rotatable bonds is 7. The van der Waals surface area contributed by atoms with Gasteiger partial charge in [0.2, 0.25) is 5.95 Å². The number of benzene rings is 2. The third-order valence-corrected chi connectivity index (χ3v) is 3.78. The summed E-state index contributed by atoms with van der Waals surface area (Å²) in [5.41, 5.74) is 2.02. The zero-order valence-corrected chi connectivity index (χ0v) is 15.4. The highest BCUT2D eigenvalue weighted by atomic mass is 16.5. The molecule has 0 aliphatic carbocycles. The summed E-state index contributed by atoms with van der Waals surface area (Å²) in [5, 5.41) is 3.25. The van der Waals surface area contributed by atoms with Gasteiger partial charge in [-0.1, -0.05) is 18.2 Å². The van der Waals surface area contributed by atoms with Gasteiger partial charge in [-0.3, -0.25) is 0 Å². The van der Waals surface area contributed by atoms with E-state index in [0.717, 1.165) is 29.5 Å². The van der Waals surface area contributed by atoms with Crippen molar-refractivity contribution < 1.29 is 4.74 Å². The summed E-state index contributed by atoms with van der Waals surface area (Å²) >= 11 is 0. The number of aromatic nitrogens is 2. The fraction of sp³-hybridized carbons (Fsp3) is 0.238. The van der Waals surface area contributed by atoms with Crippen molar-refractivity contribution >= 4 is 23.1 Å². The topological polar surface area (TPSA) is 50.3 Å². The number of hydrogen-bond donors (Lipinski definition) is 1. The van der Waals surface area contributed by atoms with Gasteiger partial charge in [0.05, 0.1) is 6.10 Å². The van der Waals surface area contributed by atoms with Crippen LogP contribution in [0.15, 0.2) is 66.9 Å². The number of ether oxygens (including phenoxy) is 1. The number of anilines is 4. The average Bonchev–Trinajstić information content (AvgIpc) is 2.65. The average molecular weight is 348 g/mol. The predicted molar refractivity (Wildman–Crippen MR) is 107 cm³/mol. The van der Waals surface area contributed by atoms with Gasteiger partial charge >= 0.3 is 0 Å². The van der Waals surface area contributed by atoms with Crippen molar-refractivity contribution in [2.75, 3.05) is 16.8 Å². The Morgan fingerprint density at radius 2 is 1.73 bits per heavy atom. The van der Waals surface area contributed by atoms with E-state index in [-0.39, 0.29) is 6.10 Å². The molecule has 0 radical (unpaired) electrons. The van der Waals surface area contributed by atoms with E-state index in [2.05, 4.69) is 39.2 Å². The molecule has 1 heterocycles. The van der Waals surface area contributed by atoms with Crippen LogP contribution in [0.1, 0.15) is 20.8 Å². The molecule has 0 saturated carbocycles. The minimum atomic E-state index is 0.159. The maximum atomic E-state index is 5.67. The van der Waals surface area contributed by atoms with Crippen LogP contribution >= 0.6 is 0 Å².